The highest BCUT2D eigenvalue weighted by Gasteiger charge is 2.23. The van der Waals surface area contributed by atoms with Crippen LogP contribution >= 0.6 is 15.9 Å². The summed E-state index contributed by atoms with van der Waals surface area (Å²) in [5, 5.41) is 0.826. The minimum Gasteiger partial charge on any atom is -0.229 e. The van der Waals surface area contributed by atoms with Gasteiger partial charge in [-0.1, -0.05) is 15.9 Å². The fraction of sp³-hybridized carbons (Fsp3) is 1.00. The lowest BCUT2D eigenvalue weighted by atomic mass is 10.1. The molecule has 0 radical (unpaired) electrons. The van der Waals surface area contributed by atoms with Crippen molar-refractivity contribution in [3.63, 3.8) is 0 Å². The van der Waals surface area contributed by atoms with E-state index in [9.17, 15) is 8.42 Å². The van der Waals surface area contributed by atoms with Crippen molar-refractivity contribution in [2.45, 2.75) is 12.8 Å². The number of halogens is 1. The molecule has 10 heavy (non-hydrogen) atoms. The lowest BCUT2D eigenvalue weighted by molar-refractivity contribution is 0.522. The molecule has 0 N–H and O–H groups in total. The molecule has 1 saturated heterocycles. The van der Waals surface area contributed by atoms with Crippen LogP contribution in [-0.4, -0.2) is 25.3 Å². The molecule has 0 aromatic carbocycles. The quantitative estimate of drug-likeness (QED) is 0.631. The molecular formula is C6H11BrO2S. The Bertz CT molecular complexity index is 198. The van der Waals surface area contributed by atoms with Crippen LogP contribution in [0, 0.1) is 5.92 Å². The smallest absolute Gasteiger partial charge is 0.150 e. The molecule has 1 aliphatic heterocycles. The molecule has 0 aromatic rings. The Balaban J connectivity index is 2.56. The second kappa shape index (κ2) is 3.22. The number of sulfone groups is 1. The van der Waals surface area contributed by atoms with Crippen molar-refractivity contribution in [2.75, 3.05) is 16.8 Å². The van der Waals surface area contributed by atoms with Crippen LogP contribution in [0.15, 0.2) is 0 Å². The van der Waals surface area contributed by atoms with Crippen molar-refractivity contribution < 1.29 is 8.42 Å². The van der Waals surface area contributed by atoms with Crippen LogP contribution in [0.2, 0.25) is 0 Å². The minimum absolute atomic E-state index is 0.360. The summed E-state index contributed by atoms with van der Waals surface area (Å²) in [5.74, 6) is 1.15. The van der Waals surface area contributed by atoms with Gasteiger partial charge in [-0.2, -0.15) is 0 Å². The van der Waals surface area contributed by atoms with Gasteiger partial charge in [-0.3, -0.25) is 0 Å². The zero-order valence-corrected chi connectivity index (χ0v) is 8.12. The molecule has 1 fully saturated rings. The molecule has 0 aromatic heterocycles. The van der Waals surface area contributed by atoms with Crippen molar-refractivity contribution in [1.82, 2.24) is 0 Å². The highest BCUT2D eigenvalue weighted by Crippen LogP contribution is 2.19. The standard InChI is InChI=1S/C6H11BrO2S/c7-4-6-2-1-3-10(8,9)5-6/h6H,1-5H2/t6-/m1/s1. The molecule has 1 atom stereocenters. The zero-order valence-electron chi connectivity index (χ0n) is 5.72. The topological polar surface area (TPSA) is 34.1 Å². The summed E-state index contributed by atoms with van der Waals surface area (Å²) in [4.78, 5) is 0. The van der Waals surface area contributed by atoms with E-state index >= 15 is 0 Å². The number of rotatable bonds is 1. The molecule has 0 saturated carbocycles. The molecule has 0 bridgehead atoms. The van der Waals surface area contributed by atoms with Crippen LogP contribution in [0.4, 0.5) is 0 Å². The van der Waals surface area contributed by atoms with E-state index in [1.54, 1.807) is 0 Å². The van der Waals surface area contributed by atoms with Gasteiger partial charge in [-0.25, -0.2) is 8.42 Å². The Labute approximate surface area is 70.1 Å². The molecule has 60 valence electrons. The largest absolute Gasteiger partial charge is 0.229 e. The van der Waals surface area contributed by atoms with Gasteiger partial charge in [0.05, 0.1) is 11.5 Å². The van der Waals surface area contributed by atoms with Crippen molar-refractivity contribution in [1.29, 1.82) is 0 Å². The lowest BCUT2D eigenvalue weighted by Crippen LogP contribution is -2.25. The molecule has 0 spiro atoms. The summed E-state index contributed by atoms with van der Waals surface area (Å²) in [6.45, 7) is 0. The third kappa shape index (κ3) is 2.23. The van der Waals surface area contributed by atoms with Gasteiger partial charge in [0, 0.05) is 5.33 Å². The van der Waals surface area contributed by atoms with Crippen molar-refractivity contribution in [3.8, 4) is 0 Å². The highest BCUT2D eigenvalue weighted by atomic mass is 79.9. The van der Waals surface area contributed by atoms with Gasteiger partial charge in [0.2, 0.25) is 0 Å². The molecule has 2 nitrogen and oxygen atoms in total. The van der Waals surface area contributed by atoms with Crippen LogP contribution in [0.1, 0.15) is 12.8 Å². The molecule has 1 rings (SSSR count). The maximum absolute atomic E-state index is 11.0. The van der Waals surface area contributed by atoms with Gasteiger partial charge in [0.1, 0.15) is 0 Å². The molecule has 0 aliphatic carbocycles. The maximum atomic E-state index is 11.0. The Morgan fingerprint density at radius 2 is 2.20 bits per heavy atom. The molecule has 0 unspecified atom stereocenters. The summed E-state index contributed by atoms with van der Waals surface area (Å²) >= 11 is 3.30. The van der Waals surface area contributed by atoms with Crippen molar-refractivity contribution >= 4 is 25.8 Å². The summed E-state index contributed by atoms with van der Waals surface area (Å²) < 4.78 is 22.0. The third-order valence-corrected chi connectivity index (χ3v) is 4.58. The van der Waals surface area contributed by atoms with E-state index in [-0.39, 0.29) is 0 Å². The van der Waals surface area contributed by atoms with Crippen LogP contribution in [0.5, 0.6) is 0 Å². The Morgan fingerprint density at radius 1 is 1.50 bits per heavy atom. The lowest BCUT2D eigenvalue weighted by Gasteiger charge is -2.18. The SMILES string of the molecule is O=S1(=O)CCC[C@H](CBr)C1. The van der Waals surface area contributed by atoms with Crippen molar-refractivity contribution in [3.05, 3.63) is 0 Å². The van der Waals surface area contributed by atoms with E-state index in [2.05, 4.69) is 15.9 Å². The van der Waals surface area contributed by atoms with Gasteiger partial charge >= 0.3 is 0 Å². The first kappa shape index (κ1) is 8.53. The fourth-order valence-electron chi connectivity index (χ4n) is 1.24. The van der Waals surface area contributed by atoms with Crippen LogP contribution in [0.3, 0.4) is 0 Å². The van der Waals surface area contributed by atoms with Crippen LogP contribution in [0.25, 0.3) is 0 Å². The zero-order chi connectivity index (χ0) is 7.61. The van der Waals surface area contributed by atoms with Gasteiger partial charge in [0.25, 0.3) is 0 Å². The molecule has 4 heteroatoms. The third-order valence-electron chi connectivity index (χ3n) is 1.78. The number of hydrogen-bond donors (Lipinski definition) is 0. The first-order chi connectivity index (χ1) is 4.64. The second-order valence-electron chi connectivity index (χ2n) is 2.78. The summed E-state index contributed by atoms with van der Waals surface area (Å²) in [7, 11) is -2.67. The summed E-state index contributed by atoms with van der Waals surface area (Å²) in [6, 6.07) is 0. The first-order valence-electron chi connectivity index (χ1n) is 3.40. The van der Waals surface area contributed by atoms with E-state index < -0.39 is 9.84 Å². The normalized spacial score (nSPS) is 31.9. The van der Waals surface area contributed by atoms with E-state index in [1.807, 2.05) is 0 Å². The van der Waals surface area contributed by atoms with Gasteiger partial charge in [0.15, 0.2) is 9.84 Å². The highest BCUT2D eigenvalue weighted by molar-refractivity contribution is 9.09. The number of alkyl halides is 1. The predicted octanol–water partition coefficient (Wildman–Crippen LogP) is 1.21. The average Bonchev–Trinajstić information content (AvgIpc) is 1.86. The molecule has 1 aliphatic rings. The maximum Gasteiger partial charge on any atom is 0.150 e. The molecular weight excluding hydrogens is 216 g/mol. The van der Waals surface area contributed by atoms with Gasteiger partial charge < -0.3 is 0 Å². The average molecular weight is 227 g/mol. The van der Waals surface area contributed by atoms with E-state index in [4.69, 9.17) is 0 Å². The van der Waals surface area contributed by atoms with Gasteiger partial charge in [-0.15, -0.1) is 0 Å². The molecule has 1 heterocycles. The Hall–Kier alpha value is 0.430. The van der Waals surface area contributed by atoms with Crippen LogP contribution in [-0.2, 0) is 9.84 Å². The summed E-state index contributed by atoms with van der Waals surface area (Å²) in [6.07, 6.45) is 1.91. The fourth-order valence-corrected chi connectivity index (χ4v) is 3.87. The minimum atomic E-state index is -2.67. The van der Waals surface area contributed by atoms with E-state index in [1.165, 1.54) is 0 Å². The first-order valence-corrected chi connectivity index (χ1v) is 6.35. The van der Waals surface area contributed by atoms with E-state index in [0.717, 1.165) is 18.2 Å². The van der Waals surface area contributed by atoms with E-state index in [0.29, 0.717) is 17.4 Å². The second-order valence-corrected chi connectivity index (χ2v) is 5.65. The van der Waals surface area contributed by atoms with Crippen LogP contribution < -0.4 is 0 Å². The molecule has 0 amide bonds. The Kier molecular flexibility index (Phi) is 2.74. The number of hydrogen-bond acceptors (Lipinski definition) is 2. The monoisotopic (exact) mass is 226 g/mol. The summed E-state index contributed by atoms with van der Waals surface area (Å²) in [5.41, 5.74) is 0. The van der Waals surface area contributed by atoms with Crippen molar-refractivity contribution in [2.24, 2.45) is 5.92 Å². The van der Waals surface area contributed by atoms with Gasteiger partial charge in [-0.05, 0) is 18.8 Å². The Morgan fingerprint density at radius 3 is 2.60 bits per heavy atom. The predicted molar refractivity (Wildman–Crippen MR) is 45.2 cm³/mol.